The van der Waals surface area contributed by atoms with Crippen molar-refractivity contribution in [2.75, 3.05) is 0 Å². The minimum atomic E-state index is -1.25. The SMILES string of the molecule is O=C(O)c1ccc([N+](=O)[O-])c(Oc2ncc(Cl)cc2Cl)c1. The molecule has 21 heavy (non-hydrogen) atoms. The van der Waals surface area contributed by atoms with Crippen LogP contribution in [-0.4, -0.2) is 21.0 Å². The highest BCUT2D eigenvalue weighted by Crippen LogP contribution is 2.35. The molecular weight excluding hydrogens is 323 g/mol. The average molecular weight is 329 g/mol. The smallest absolute Gasteiger partial charge is 0.335 e. The second-order valence-electron chi connectivity index (χ2n) is 3.79. The summed E-state index contributed by atoms with van der Waals surface area (Å²) in [5, 5.41) is 20.2. The fraction of sp³-hybridized carbons (Fsp3) is 0. The Morgan fingerprint density at radius 2 is 2.05 bits per heavy atom. The van der Waals surface area contributed by atoms with Gasteiger partial charge in [-0.15, -0.1) is 0 Å². The van der Waals surface area contributed by atoms with Gasteiger partial charge in [0.2, 0.25) is 11.6 Å². The zero-order chi connectivity index (χ0) is 15.6. The molecule has 0 unspecified atom stereocenters. The van der Waals surface area contributed by atoms with E-state index in [1.54, 1.807) is 0 Å². The number of nitrogens with zero attached hydrogens (tertiary/aromatic N) is 2. The van der Waals surface area contributed by atoms with E-state index < -0.39 is 16.6 Å². The monoisotopic (exact) mass is 328 g/mol. The Morgan fingerprint density at radius 1 is 1.33 bits per heavy atom. The van der Waals surface area contributed by atoms with Crippen LogP contribution in [0.4, 0.5) is 5.69 Å². The number of nitro groups is 1. The average Bonchev–Trinajstić information content (AvgIpc) is 2.41. The van der Waals surface area contributed by atoms with Crippen LogP contribution in [0.5, 0.6) is 11.6 Å². The molecule has 2 aromatic rings. The number of hydrogen-bond donors (Lipinski definition) is 1. The lowest BCUT2D eigenvalue weighted by Crippen LogP contribution is -2.00. The van der Waals surface area contributed by atoms with E-state index in [-0.39, 0.29) is 27.2 Å². The van der Waals surface area contributed by atoms with Gasteiger partial charge in [-0.25, -0.2) is 9.78 Å². The topological polar surface area (TPSA) is 103 Å². The van der Waals surface area contributed by atoms with Gasteiger partial charge in [0, 0.05) is 18.3 Å². The molecule has 0 amide bonds. The molecule has 0 fully saturated rings. The number of benzene rings is 1. The lowest BCUT2D eigenvalue weighted by molar-refractivity contribution is -0.385. The number of hydrogen-bond acceptors (Lipinski definition) is 5. The van der Waals surface area contributed by atoms with E-state index in [9.17, 15) is 14.9 Å². The van der Waals surface area contributed by atoms with E-state index in [1.165, 1.54) is 12.3 Å². The molecule has 0 saturated carbocycles. The van der Waals surface area contributed by atoms with E-state index in [0.29, 0.717) is 0 Å². The van der Waals surface area contributed by atoms with Gasteiger partial charge in [-0.05, 0) is 12.1 Å². The van der Waals surface area contributed by atoms with Crippen LogP contribution >= 0.6 is 23.2 Å². The second kappa shape index (κ2) is 5.94. The van der Waals surface area contributed by atoms with E-state index >= 15 is 0 Å². The molecule has 1 heterocycles. The van der Waals surface area contributed by atoms with Crippen molar-refractivity contribution in [1.29, 1.82) is 0 Å². The maximum atomic E-state index is 10.9. The third kappa shape index (κ3) is 3.39. The number of nitro benzene ring substituents is 1. The molecular formula is C12H6Cl2N2O5. The Balaban J connectivity index is 2.48. The summed E-state index contributed by atoms with van der Waals surface area (Å²) in [6.45, 7) is 0. The standard InChI is InChI=1S/C12H6Cl2N2O5/c13-7-4-8(14)11(15-5-7)21-10-3-6(12(17)18)1-2-9(10)16(19)20/h1-5H,(H,17,18). The van der Waals surface area contributed by atoms with Crippen molar-refractivity contribution in [2.24, 2.45) is 0 Å². The molecule has 0 aliphatic carbocycles. The molecule has 7 nitrogen and oxygen atoms in total. The fourth-order valence-electron chi connectivity index (χ4n) is 1.46. The van der Waals surface area contributed by atoms with Crippen LogP contribution in [0.2, 0.25) is 10.0 Å². The molecule has 0 spiro atoms. The first-order valence-electron chi connectivity index (χ1n) is 5.39. The maximum Gasteiger partial charge on any atom is 0.335 e. The molecule has 0 bridgehead atoms. The number of aromatic carboxylic acids is 1. The van der Waals surface area contributed by atoms with E-state index in [4.69, 9.17) is 33.0 Å². The second-order valence-corrected chi connectivity index (χ2v) is 4.63. The number of halogens is 2. The van der Waals surface area contributed by atoms with Crippen molar-refractivity contribution in [1.82, 2.24) is 4.98 Å². The molecule has 0 aliphatic rings. The minimum absolute atomic E-state index is 0.0394. The number of carboxylic acid groups (broad SMARTS) is 1. The molecule has 1 aromatic carbocycles. The number of pyridine rings is 1. The van der Waals surface area contributed by atoms with Crippen LogP contribution in [0.25, 0.3) is 0 Å². The summed E-state index contributed by atoms with van der Waals surface area (Å²) in [7, 11) is 0. The number of carboxylic acids is 1. The normalized spacial score (nSPS) is 10.2. The summed E-state index contributed by atoms with van der Waals surface area (Å²) in [4.78, 5) is 24.9. The lowest BCUT2D eigenvalue weighted by atomic mass is 10.2. The highest BCUT2D eigenvalue weighted by Gasteiger charge is 2.20. The van der Waals surface area contributed by atoms with Gasteiger partial charge >= 0.3 is 11.7 Å². The van der Waals surface area contributed by atoms with Crippen molar-refractivity contribution in [3.05, 3.63) is 56.2 Å². The molecule has 0 radical (unpaired) electrons. The van der Waals surface area contributed by atoms with Crippen LogP contribution in [0.3, 0.4) is 0 Å². The molecule has 1 N–H and O–H groups in total. The fourth-order valence-corrected chi connectivity index (χ4v) is 1.88. The van der Waals surface area contributed by atoms with Crippen LogP contribution in [-0.2, 0) is 0 Å². The van der Waals surface area contributed by atoms with Gasteiger partial charge in [-0.2, -0.15) is 0 Å². The van der Waals surface area contributed by atoms with Crippen LogP contribution < -0.4 is 4.74 Å². The van der Waals surface area contributed by atoms with Crippen LogP contribution in [0.15, 0.2) is 30.5 Å². The van der Waals surface area contributed by atoms with Crippen molar-refractivity contribution >= 4 is 34.9 Å². The summed E-state index contributed by atoms with van der Waals surface area (Å²) in [6.07, 6.45) is 1.25. The summed E-state index contributed by atoms with van der Waals surface area (Å²) >= 11 is 11.5. The van der Waals surface area contributed by atoms with E-state index in [0.717, 1.165) is 18.2 Å². The van der Waals surface area contributed by atoms with Gasteiger partial charge in [0.05, 0.1) is 15.5 Å². The molecule has 0 aliphatic heterocycles. The first-order chi connectivity index (χ1) is 9.88. The predicted molar refractivity (Wildman–Crippen MR) is 74.4 cm³/mol. The summed E-state index contributed by atoms with van der Waals surface area (Å²) in [6, 6.07) is 4.50. The van der Waals surface area contributed by atoms with Gasteiger partial charge in [0.25, 0.3) is 0 Å². The van der Waals surface area contributed by atoms with Crippen molar-refractivity contribution in [3.63, 3.8) is 0 Å². The lowest BCUT2D eigenvalue weighted by Gasteiger charge is -2.07. The molecule has 0 saturated heterocycles. The number of aromatic nitrogens is 1. The summed E-state index contributed by atoms with van der Waals surface area (Å²) < 4.78 is 5.24. The highest BCUT2D eigenvalue weighted by atomic mass is 35.5. The molecule has 108 valence electrons. The highest BCUT2D eigenvalue weighted by molar-refractivity contribution is 6.35. The molecule has 1 aromatic heterocycles. The molecule has 9 heteroatoms. The Labute approximate surface area is 127 Å². The predicted octanol–water partition coefficient (Wildman–Crippen LogP) is 3.79. The number of ether oxygens (including phenoxy) is 1. The Hall–Kier alpha value is -2.38. The third-order valence-corrected chi connectivity index (χ3v) is 2.86. The largest absolute Gasteiger partial charge is 0.478 e. The van der Waals surface area contributed by atoms with Crippen LogP contribution in [0, 0.1) is 10.1 Å². The zero-order valence-corrected chi connectivity index (χ0v) is 11.6. The van der Waals surface area contributed by atoms with Gasteiger partial charge in [-0.3, -0.25) is 10.1 Å². The Bertz CT molecular complexity index is 736. The van der Waals surface area contributed by atoms with Gasteiger partial charge in [0.1, 0.15) is 5.02 Å². The maximum absolute atomic E-state index is 10.9. The van der Waals surface area contributed by atoms with Gasteiger partial charge in [-0.1, -0.05) is 23.2 Å². The van der Waals surface area contributed by atoms with Crippen molar-refractivity contribution in [2.45, 2.75) is 0 Å². The zero-order valence-electron chi connectivity index (χ0n) is 10.1. The van der Waals surface area contributed by atoms with Gasteiger partial charge < -0.3 is 9.84 Å². The Kier molecular flexibility index (Phi) is 4.25. The molecule has 0 atom stereocenters. The van der Waals surface area contributed by atoms with Crippen molar-refractivity contribution in [3.8, 4) is 11.6 Å². The number of rotatable bonds is 4. The van der Waals surface area contributed by atoms with E-state index in [1.807, 2.05) is 0 Å². The van der Waals surface area contributed by atoms with Crippen LogP contribution in [0.1, 0.15) is 10.4 Å². The molecule has 2 rings (SSSR count). The Morgan fingerprint density at radius 3 is 2.62 bits per heavy atom. The minimum Gasteiger partial charge on any atom is -0.478 e. The third-order valence-electron chi connectivity index (χ3n) is 2.38. The summed E-state index contributed by atoms with van der Waals surface area (Å²) in [5.41, 5.74) is -0.575. The first-order valence-corrected chi connectivity index (χ1v) is 6.14. The quantitative estimate of drug-likeness (QED) is 0.676. The van der Waals surface area contributed by atoms with E-state index in [2.05, 4.69) is 4.98 Å². The first kappa shape index (κ1) is 15.0. The van der Waals surface area contributed by atoms with Crippen molar-refractivity contribution < 1.29 is 19.6 Å². The number of carbonyl (C=O) groups is 1. The summed E-state index contributed by atoms with van der Waals surface area (Å²) in [5.74, 6) is -1.65. The van der Waals surface area contributed by atoms with Gasteiger partial charge in [0.15, 0.2) is 0 Å².